The minimum atomic E-state index is 0.551. The zero-order chi connectivity index (χ0) is 11.3. The second kappa shape index (κ2) is 6.29. The summed E-state index contributed by atoms with van der Waals surface area (Å²) in [7, 11) is 2.08. The van der Waals surface area contributed by atoms with Crippen LogP contribution in [0.5, 0.6) is 0 Å². The zero-order valence-electron chi connectivity index (χ0n) is 10.3. The molecule has 1 heterocycles. The topological polar surface area (TPSA) is 12.0 Å². The lowest BCUT2D eigenvalue weighted by Gasteiger charge is -2.21. The Morgan fingerprint density at radius 3 is 2.40 bits per heavy atom. The maximum absolute atomic E-state index is 3.45. The third-order valence-electron chi connectivity index (χ3n) is 3.29. The van der Waals surface area contributed by atoms with Crippen molar-refractivity contribution in [2.24, 2.45) is 5.92 Å². The normalized spacial score (nSPS) is 13.4. The number of nitrogens with one attached hydrogen (secondary N) is 1. The van der Waals surface area contributed by atoms with Gasteiger partial charge in [-0.3, -0.25) is 0 Å². The summed E-state index contributed by atoms with van der Waals surface area (Å²) in [5.74, 6) is 0.851. The first kappa shape index (κ1) is 12.7. The van der Waals surface area contributed by atoms with E-state index in [1.54, 1.807) is 0 Å². The number of rotatable bonds is 6. The zero-order valence-corrected chi connectivity index (χ0v) is 11.2. The molecule has 1 unspecified atom stereocenters. The van der Waals surface area contributed by atoms with E-state index in [1.165, 1.54) is 29.7 Å². The Labute approximate surface area is 97.9 Å². The monoisotopic (exact) mass is 225 g/mol. The van der Waals surface area contributed by atoms with Gasteiger partial charge in [0.15, 0.2) is 0 Å². The predicted octanol–water partition coefficient (Wildman–Crippen LogP) is 4.14. The molecule has 86 valence electrons. The van der Waals surface area contributed by atoms with Crippen molar-refractivity contribution >= 4 is 11.3 Å². The molecular formula is C13H23NS. The Bertz CT molecular complexity index is 276. The van der Waals surface area contributed by atoms with E-state index in [-0.39, 0.29) is 0 Å². The number of hydrogen-bond donors (Lipinski definition) is 1. The first-order valence-electron chi connectivity index (χ1n) is 5.94. The molecule has 1 nitrogen and oxygen atoms in total. The molecule has 0 fully saturated rings. The molecule has 0 aliphatic rings. The van der Waals surface area contributed by atoms with Crippen molar-refractivity contribution < 1.29 is 0 Å². The van der Waals surface area contributed by atoms with Gasteiger partial charge in [0.2, 0.25) is 0 Å². The minimum Gasteiger partial charge on any atom is -0.312 e. The summed E-state index contributed by atoms with van der Waals surface area (Å²) >= 11 is 1.88. The average Bonchev–Trinajstić information content (AvgIpc) is 2.67. The number of hydrogen-bond acceptors (Lipinski definition) is 2. The fourth-order valence-corrected chi connectivity index (χ4v) is 3.10. The van der Waals surface area contributed by atoms with Gasteiger partial charge in [-0.25, -0.2) is 0 Å². The molecule has 0 saturated heterocycles. The van der Waals surface area contributed by atoms with Gasteiger partial charge in [-0.1, -0.05) is 26.7 Å². The van der Waals surface area contributed by atoms with Crippen LogP contribution < -0.4 is 5.32 Å². The van der Waals surface area contributed by atoms with Crippen LogP contribution in [0.25, 0.3) is 0 Å². The third-order valence-corrected chi connectivity index (χ3v) is 4.42. The summed E-state index contributed by atoms with van der Waals surface area (Å²) < 4.78 is 0. The molecule has 1 aromatic heterocycles. The molecule has 0 bridgehead atoms. The molecule has 0 spiro atoms. The van der Waals surface area contributed by atoms with E-state index < -0.39 is 0 Å². The quantitative estimate of drug-likeness (QED) is 0.767. The Hall–Kier alpha value is -0.340. The fraction of sp³-hybridized carbons (Fsp3) is 0.692. The van der Waals surface area contributed by atoms with Crippen LogP contribution in [-0.2, 0) is 0 Å². The first-order chi connectivity index (χ1) is 7.22. The van der Waals surface area contributed by atoms with Gasteiger partial charge in [-0.05, 0) is 43.3 Å². The van der Waals surface area contributed by atoms with Crippen LogP contribution in [0.4, 0.5) is 0 Å². The molecule has 15 heavy (non-hydrogen) atoms. The van der Waals surface area contributed by atoms with Crippen LogP contribution in [0, 0.1) is 12.8 Å². The van der Waals surface area contributed by atoms with E-state index >= 15 is 0 Å². The summed E-state index contributed by atoms with van der Waals surface area (Å²) in [5.41, 5.74) is 1.44. The van der Waals surface area contributed by atoms with Gasteiger partial charge in [0.05, 0.1) is 0 Å². The average molecular weight is 225 g/mol. The molecule has 1 atom stereocenters. The molecule has 1 N–H and O–H groups in total. The summed E-state index contributed by atoms with van der Waals surface area (Å²) in [5, 5.41) is 5.65. The van der Waals surface area contributed by atoms with E-state index in [2.05, 4.69) is 44.6 Å². The summed E-state index contributed by atoms with van der Waals surface area (Å²) in [6.07, 6.45) is 3.85. The third kappa shape index (κ3) is 3.32. The SMILES string of the molecule is CCC(CC)CC(NC)c1sccc1C. The standard InChI is InChI=1S/C13H23NS/c1-5-11(6-2)9-12(14-4)13-10(3)7-8-15-13/h7-8,11-12,14H,5-6,9H2,1-4H3. The molecule has 2 heteroatoms. The van der Waals surface area contributed by atoms with Gasteiger partial charge >= 0.3 is 0 Å². The van der Waals surface area contributed by atoms with Gasteiger partial charge in [-0.2, -0.15) is 0 Å². The van der Waals surface area contributed by atoms with Crippen molar-refractivity contribution in [1.29, 1.82) is 0 Å². The fourth-order valence-electron chi connectivity index (χ4n) is 2.05. The maximum Gasteiger partial charge on any atom is 0.0417 e. The first-order valence-corrected chi connectivity index (χ1v) is 6.82. The smallest absolute Gasteiger partial charge is 0.0417 e. The van der Waals surface area contributed by atoms with Gasteiger partial charge in [-0.15, -0.1) is 11.3 Å². The second-order valence-electron chi connectivity index (χ2n) is 4.23. The van der Waals surface area contributed by atoms with Crippen molar-refractivity contribution in [3.05, 3.63) is 21.9 Å². The molecule has 0 aromatic carbocycles. The lowest BCUT2D eigenvalue weighted by Crippen LogP contribution is -2.19. The van der Waals surface area contributed by atoms with Crippen molar-refractivity contribution in [3.63, 3.8) is 0 Å². The van der Waals surface area contributed by atoms with Crippen LogP contribution in [0.15, 0.2) is 11.4 Å². The maximum atomic E-state index is 3.45. The van der Waals surface area contributed by atoms with Crippen molar-refractivity contribution in [3.8, 4) is 0 Å². The van der Waals surface area contributed by atoms with Crippen molar-refractivity contribution in [2.45, 2.75) is 46.1 Å². The molecule has 0 amide bonds. The van der Waals surface area contributed by atoms with Gasteiger partial charge in [0.25, 0.3) is 0 Å². The van der Waals surface area contributed by atoms with E-state index in [0.717, 1.165) is 5.92 Å². The highest BCUT2D eigenvalue weighted by atomic mass is 32.1. The van der Waals surface area contributed by atoms with Crippen LogP contribution in [-0.4, -0.2) is 7.05 Å². The van der Waals surface area contributed by atoms with Gasteiger partial charge in [0.1, 0.15) is 0 Å². The van der Waals surface area contributed by atoms with E-state index in [1.807, 2.05) is 11.3 Å². The highest BCUT2D eigenvalue weighted by Crippen LogP contribution is 2.30. The van der Waals surface area contributed by atoms with Gasteiger partial charge in [0, 0.05) is 10.9 Å². The Morgan fingerprint density at radius 2 is 2.00 bits per heavy atom. The Balaban J connectivity index is 2.68. The van der Waals surface area contributed by atoms with Crippen LogP contribution >= 0.6 is 11.3 Å². The molecule has 0 radical (unpaired) electrons. The summed E-state index contributed by atoms with van der Waals surface area (Å²) in [4.78, 5) is 1.52. The summed E-state index contributed by atoms with van der Waals surface area (Å²) in [6, 6.07) is 2.77. The lowest BCUT2D eigenvalue weighted by atomic mass is 9.93. The number of thiophene rings is 1. The largest absolute Gasteiger partial charge is 0.312 e. The molecule has 0 aliphatic carbocycles. The lowest BCUT2D eigenvalue weighted by molar-refractivity contribution is 0.388. The molecule has 0 aliphatic heterocycles. The second-order valence-corrected chi connectivity index (χ2v) is 5.18. The van der Waals surface area contributed by atoms with Crippen LogP contribution in [0.2, 0.25) is 0 Å². The Kier molecular flexibility index (Phi) is 5.34. The highest BCUT2D eigenvalue weighted by molar-refractivity contribution is 7.10. The molecule has 1 aromatic rings. The molecule has 1 rings (SSSR count). The van der Waals surface area contributed by atoms with E-state index in [9.17, 15) is 0 Å². The summed E-state index contributed by atoms with van der Waals surface area (Å²) in [6.45, 7) is 6.80. The Morgan fingerprint density at radius 1 is 1.33 bits per heavy atom. The van der Waals surface area contributed by atoms with Crippen molar-refractivity contribution in [1.82, 2.24) is 5.32 Å². The van der Waals surface area contributed by atoms with Crippen molar-refractivity contribution in [2.75, 3.05) is 7.05 Å². The van der Waals surface area contributed by atoms with Gasteiger partial charge < -0.3 is 5.32 Å². The molecule has 0 saturated carbocycles. The predicted molar refractivity (Wildman–Crippen MR) is 69.5 cm³/mol. The van der Waals surface area contributed by atoms with Crippen LogP contribution in [0.1, 0.15) is 49.6 Å². The molecular weight excluding hydrogens is 202 g/mol. The highest BCUT2D eigenvalue weighted by Gasteiger charge is 2.16. The van der Waals surface area contributed by atoms with Crippen LogP contribution in [0.3, 0.4) is 0 Å². The van der Waals surface area contributed by atoms with E-state index in [0.29, 0.717) is 6.04 Å². The van der Waals surface area contributed by atoms with E-state index in [4.69, 9.17) is 0 Å². The minimum absolute atomic E-state index is 0.551. The number of aryl methyl sites for hydroxylation is 1.